The van der Waals surface area contributed by atoms with E-state index in [1.807, 2.05) is 11.9 Å². The second-order valence-corrected chi connectivity index (χ2v) is 7.25. The van der Waals surface area contributed by atoms with Crippen LogP contribution < -0.4 is 26.0 Å². The quantitative estimate of drug-likeness (QED) is 0.537. The van der Waals surface area contributed by atoms with Gasteiger partial charge in [-0.05, 0) is 32.0 Å². The number of likely N-dealkylation sites (N-methyl/N-ethyl adjacent to an activating group) is 1. The van der Waals surface area contributed by atoms with E-state index in [-0.39, 0.29) is 24.3 Å². The average Bonchev–Trinajstić information content (AvgIpc) is 2.63. The van der Waals surface area contributed by atoms with E-state index in [1.54, 1.807) is 39.2 Å². The highest BCUT2D eigenvalue weighted by Crippen LogP contribution is 2.34. The zero-order valence-corrected chi connectivity index (χ0v) is 16.7. The normalized spacial score (nSPS) is 16.0. The number of ether oxygens (including phenoxy) is 2. The number of primary amides is 1. The number of fused-ring (bicyclic) bond motifs is 1. The summed E-state index contributed by atoms with van der Waals surface area (Å²) in [5.74, 6) is -0.480. The lowest BCUT2D eigenvalue weighted by Crippen LogP contribution is -2.54. The van der Waals surface area contributed by atoms with Gasteiger partial charge in [0.25, 0.3) is 5.91 Å². The van der Waals surface area contributed by atoms with Crippen LogP contribution in [0.15, 0.2) is 18.2 Å². The summed E-state index contributed by atoms with van der Waals surface area (Å²) in [6, 6.07) is 4.92. The van der Waals surface area contributed by atoms with Gasteiger partial charge in [-0.15, -0.1) is 0 Å². The van der Waals surface area contributed by atoms with E-state index in [1.165, 1.54) is 0 Å². The monoisotopic (exact) mass is 392 g/mol. The minimum atomic E-state index is -1.13. The zero-order chi connectivity index (χ0) is 20.9. The van der Waals surface area contributed by atoms with Crippen LogP contribution in [0.5, 0.6) is 5.75 Å². The molecule has 9 nitrogen and oxygen atoms in total. The van der Waals surface area contributed by atoms with Crippen molar-refractivity contribution in [1.29, 1.82) is 0 Å². The molecule has 4 N–H and O–H groups in total. The van der Waals surface area contributed by atoms with Crippen LogP contribution in [0, 0.1) is 0 Å². The van der Waals surface area contributed by atoms with Crippen LogP contribution in [0.4, 0.5) is 5.69 Å². The largest absolute Gasteiger partial charge is 0.489 e. The van der Waals surface area contributed by atoms with Crippen LogP contribution in [0.2, 0.25) is 0 Å². The van der Waals surface area contributed by atoms with Crippen LogP contribution in [0.25, 0.3) is 0 Å². The fourth-order valence-electron chi connectivity index (χ4n) is 2.79. The Hall–Kier alpha value is -2.81. The van der Waals surface area contributed by atoms with E-state index in [9.17, 15) is 14.4 Å². The number of amides is 3. The fourth-order valence-corrected chi connectivity index (χ4v) is 2.79. The van der Waals surface area contributed by atoms with E-state index in [0.717, 1.165) is 5.69 Å². The molecule has 1 atom stereocenters. The lowest BCUT2D eigenvalue weighted by molar-refractivity contribution is -0.130. The molecule has 1 unspecified atom stereocenters. The Morgan fingerprint density at radius 2 is 2.07 bits per heavy atom. The van der Waals surface area contributed by atoms with Crippen molar-refractivity contribution in [2.75, 3.05) is 38.8 Å². The number of hydrogen-bond donors (Lipinski definition) is 3. The van der Waals surface area contributed by atoms with Crippen molar-refractivity contribution in [1.82, 2.24) is 10.6 Å². The van der Waals surface area contributed by atoms with Crippen molar-refractivity contribution < 1.29 is 23.9 Å². The van der Waals surface area contributed by atoms with Gasteiger partial charge in [-0.2, -0.15) is 0 Å². The molecule has 0 saturated carbocycles. The van der Waals surface area contributed by atoms with Gasteiger partial charge >= 0.3 is 0 Å². The highest BCUT2D eigenvalue weighted by atomic mass is 16.5. The molecule has 154 valence electrons. The molecule has 1 aliphatic rings. The number of carbonyl (C=O) groups excluding carboxylic acids is 3. The number of hydrogen-bond acceptors (Lipinski definition) is 6. The molecule has 0 radical (unpaired) electrons. The molecular formula is C19H28N4O5. The molecule has 0 fully saturated rings. The Bertz CT molecular complexity index is 750. The molecule has 9 heteroatoms. The van der Waals surface area contributed by atoms with Crippen LogP contribution >= 0.6 is 0 Å². The molecular weight excluding hydrogens is 364 g/mol. The first kappa shape index (κ1) is 21.5. The fraction of sp³-hybridized carbons (Fsp3) is 0.526. The first-order chi connectivity index (χ1) is 13.2. The second kappa shape index (κ2) is 8.92. The van der Waals surface area contributed by atoms with Crippen LogP contribution in [-0.4, -0.2) is 63.2 Å². The van der Waals surface area contributed by atoms with Crippen molar-refractivity contribution in [3.63, 3.8) is 0 Å². The molecule has 28 heavy (non-hydrogen) atoms. The second-order valence-electron chi connectivity index (χ2n) is 7.25. The molecule has 1 heterocycles. The predicted molar refractivity (Wildman–Crippen MR) is 104 cm³/mol. The molecule has 0 spiro atoms. The smallest absolute Gasteiger partial charge is 0.251 e. The standard InChI is InChI=1S/C19H28N4O5/c1-19(2,18(20)26)22-16(24)10-13-11-28-15-6-5-12(9-14(15)23(13)3)17(25)21-7-8-27-4/h5-6,9,13H,7-8,10-11H2,1-4H3,(H2,20,26)(H,21,25)(H,22,24). The number of nitrogens with two attached hydrogens (primary N) is 1. The number of benzene rings is 1. The van der Waals surface area contributed by atoms with Gasteiger partial charge in [-0.25, -0.2) is 0 Å². The minimum absolute atomic E-state index is 0.122. The van der Waals surface area contributed by atoms with Crippen molar-refractivity contribution >= 4 is 23.4 Å². The maximum atomic E-state index is 12.3. The van der Waals surface area contributed by atoms with E-state index < -0.39 is 11.4 Å². The van der Waals surface area contributed by atoms with E-state index in [4.69, 9.17) is 15.2 Å². The summed E-state index contributed by atoms with van der Waals surface area (Å²) in [4.78, 5) is 37.9. The average molecular weight is 392 g/mol. The predicted octanol–water partition coefficient (Wildman–Crippen LogP) is 0.0302. The first-order valence-electron chi connectivity index (χ1n) is 9.03. The van der Waals surface area contributed by atoms with Gasteiger partial charge in [0.2, 0.25) is 11.8 Å². The molecule has 0 aliphatic carbocycles. The van der Waals surface area contributed by atoms with E-state index in [2.05, 4.69) is 10.6 Å². The molecule has 0 bridgehead atoms. The SMILES string of the molecule is COCCNC(=O)c1ccc2c(c1)N(C)C(CC(=O)NC(C)(C)C(N)=O)CO2. The maximum Gasteiger partial charge on any atom is 0.251 e. The topological polar surface area (TPSA) is 123 Å². The molecule has 2 rings (SSSR count). The van der Waals surface area contributed by atoms with Gasteiger partial charge in [-0.1, -0.05) is 0 Å². The van der Waals surface area contributed by atoms with Gasteiger partial charge < -0.3 is 30.7 Å². The van der Waals surface area contributed by atoms with E-state index >= 15 is 0 Å². The van der Waals surface area contributed by atoms with Crippen molar-refractivity contribution in [2.45, 2.75) is 31.8 Å². The summed E-state index contributed by atoms with van der Waals surface area (Å²) in [7, 11) is 3.41. The maximum absolute atomic E-state index is 12.3. The lowest BCUT2D eigenvalue weighted by atomic mass is 10.0. The Labute approximate surface area is 164 Å². The highest BCUT2D eigenvalue weighted by Gasteiger charge is 2.31. The number of nitrogens with one attached hydrogen (secondary N) is 2. The van der Waals surface area contributed by atoms with Crippen LogP contribution in [0.1, 0.15) is 30.6 Å². The van der Waals surface area contributed by atoms with Crippen molar-refractivity contribution in [3.8, 4) is 5.75 Å². The number of rotatable bonds is 8. The molecule has 0 aromatic heterocycles. The molecule has 3 amide bonds. The Balaban J connectivity index is 2.07. The number of methoxy groups -OCH3 is 1. The lowest BCUT2D eigenvalue weighted by Gasteiger charge is -2.36. The third-order valence-electron chi connectivity index (χ3n) is 4.66. The highest BCUT2D eigenvalue weighted by molar-refractivity contribution is 5.96. The third kappa shape index (κ3) is 5.13. The summed E-state index contributed by atoms with van der Waals surface area (Å²) in [5.41, 5.74) is 5.38. The molecule has 1 aromatic rings. The number of nitrogens with zero attached hydrogens (tertiary/aromatic N) is 1. The summed E-state index contributed by atoms with van der Waals surface area (Å²) < 4.78 is 10.7. The molecule has 0 saturated heterocycles. The van der Waals surface area contributed by atoms with Gasteiger partial charge in [0.15, 0.2) is 0 Å². The van der Waals surface area contributed by atoms with Gasteiger partial charge in [0.1, 0.15) is 17.9 Å². The van der Waals surface area contributed by atoms with Gasteiger partial charge in [-0.3, -0.25) is 14.4 Å². The Morgan fingerprint density at radius 1 is 1.36 bits per heavy atom. The zero-order valence-electron chi connectivity index (χ0n) is 16.7. The number of anilines is 1. The van der Waals surface area contributed by atoms with Crippen LogP contribution in [-0.2, 0) is 14.3 Å². The summed E-state index contributed by atoms with van der Waals surface area (Å²) in [6.07, 6.45) is 0.122. The Kier molecular flexibility index (Phi) is 6.85. The van der Waals surface area contributed by atoms with Crippen molar-refractivity contribution in [2.24, 2.45) is 5.73 Å². The van der Waals surface area contributed by atoms with Crippen LogP contribution in [0.3, 0.4) is 0 Å². The molecule has 1 aromatic carbocycles. The van der Waals surface area contributed by atoms with Crippen molar-refractivity contribution in [3.05, 3.63) is 23.8 Å². The first-order valence-corrected chi connectivity index (χ1v) is 9.03. The van der Waals surface area contributed by atoms with E-state index in [0.29, 0.717) is 31.1 Å². The minimum Gasteiger partial charge on any atom is -0.489 e. The summed E-state index contributed by atoms with van der Waals surface area (Å²) in [5, 5.41) is 5.40. The Morgan fingerprint density at radius 3 is 2.71 bits per heavy atom. The number of carbonyl (C=O) groups is 3. The molecule has 1 aliphatic heterocycles. The third-order valence-corrected chi connectivity index (χ3v) is 4.66. The summed E-state index contributed by atoms with van der Waals surface area (Å²) in [6.45, 7) is 4.26. The summed E-state index contributed by atoms with van der Waals surface area (Å²) >= 11 is 0. The van der Waals surface area contributed by atoms with Gasteiger partial charge in [0.05, 0.1) is 24.8 Å². The van der Waals surface area contributed by atoms with Gasteiger partial charge in [0, 0.05) is 26.3 Å².